The smallest absolute Gasteiger partial charge is 0.321 e. The van der Waals surface area contributed by atoms with E-state index in [2.05, 4.69) is 16.0 Å². The van der Waals surface area contributed by atoms with E-state index in [0.29, 0.717) is 5.56 Å². The Bertz CT molecular complexity index is 505. The fourth-order valence-corrected chi connectivity index (χ4v) is 1.89. The summed E-state index contributed by atoms with van der Waals surface area (Å²) >= 11 is 0. The molecule has 0 aliphatic carbocycles. The van der Waals surface area contributed by atoms with Crippen LogP contribution in [0.25, 0.3) is 0 Å². The van der Waals surface area contributed by atoms with Crippen LogP contribution in [0.3, 0.4) is 0 Å². The highest BCUT2D eigenvalue weighted by Crippen LogP contribution is 2.16. The van der Waals surface area contributed by atoms with Gasteiger partial charge in [0.1, 0.15) is 5.82 Å². The first-order chi connectivity index (χ1) is 9.81. The number of halogens is 1. The van der Waals surface area contributed by atoms with Gasteiger partial charge in [-0.25, -0.2) is 9.18 Å². The molecule has 0 bridgehead atoms. The van der Waals surface area contributed by atoms with Crippen molar-refractivity contribution in [2.45, 2.75) is 45.8 Å². The first-order valence-corrected chi connectivity index (χ1v) is 6.93. The van der Waals surface area contributed by atoms with E-state index in [-0.39, 0.29) is 17.9 Å². The Morgan fingerprint density at radius 3 is 2.29 bits per heavy atom. The van der Waals surface area contributed by atoms with Crippen LogP contribution in [-0.4, -0.2) is 24.0 Å². The highest BCUT2D eigenvalue weighted by molar-refractivity contribution is 5.96. The maximum absolute atomic E-state index is 13.6. The molecule has 0 unspecified atom stereocenters. The first-order valence-electron chi connectivity index (χ1n) is 6.93. The third-order valence-corrected chi connectivity index (χ3v) is 2.92. The average molecular weight is 295 g/mol. The van der Waals surface area contributed by atoms with Crippen molar-refractivity contribution in [2.24, 2.45) is 0 Å². The van der Waals surface area contributed by atoms with Gasteiger partial charge in [-0.05, 0) is 33.8 Å². The van der Waals surface area contributed by atoms with Crippen LogP contribution in [0.1, 0.15) is 39.3 Å². The molecule has 0 aliphatic heterocycles. The molecular formula is C15H22FN3O2. The summed E-state index contributed by atoms with van der Waals surface area (Å²) in [6, 6.07) is 4.80. The zero-order valence-electron chi connectivity index (χ0n) is 12.7. The van der Waals surface area contributed by atoms with Gasteiger partial charge in [0.05, 0.1) is 6.04 Å². The van der Waals surface area contributed by atoms with Gasteiger partial charge in [0.25, 0.3) is 0 Å². The number of carbonyl (C=O) groups is 2. The van der Waals surface area contributed by atoms with Crippen LogP contribution >= 0.6 is 0 Å². The van der Waals surface area contributed by atoms with Gasteiger partial charge < -0.3 is 5.32 Å². The lowest BCUT2D eigenvalue weighted by atomic mass is 10.1. The zero-order chi connectivity index (χ0) is 16.0. The van der Waals surface area contributed by atoms with E-state index < -0.39 is 18.0 Å². The maximum Gasteiger partial charge on any atom is 0.321 e. The summed E-state index contributed by atoms with van der Waals surface area (Å²) in [5.74, 6) is -0.793. The first kappa shape index (κ1) is 17.1. The van der Waals surface area contributed by atoms with E-state index in [0.717, 1.165) is 0 Å². The number of hydrogen-bond acceptors (Lipinski definition) is 3. The lowest BCUT2D eigenvalue weighted by Gasteiger charge is -2.20. The predicted molar refractivity (Wildman–Crippen MR) is 79.2 cm³/mol. The Balaban J connectivity index is 2.56. The summed E-state index contributed by atoms with van der Waals surface area (Å²) in [4.78, 5) is 23.3. The molecule has 3 amide bonds. The van der Waals surface area contributed by atoms with Crippen LogP contribution in [-0.2, 0) is 4.79 Å². The number of benzene rings is 1. The topological polar surface area (TPSA) is 70.2 Å². The highest BCUT2D eigenvalue weighted by Gasteiger charge is 2.19. The van der Waals surface area contributed by atoms with Crippen LogP contribution in [0.4, 0.5) is 9.18 Å². The molecule has 0 aliphatic rings. The van der Waals surface area contributed by atoms with Crippen molar-refractivity contribution in [3.63, 3.8) is 0 Å². The summed E-state index contributed by atoms with van der Waals surface area (Å²) in [5.41, 5.74) is 0.476. The number of carbonyl (C=O) groups excluding carboxylic acids is 2. The van der Waals surface area contributed by atoms with Gasteiger partial charge in [-0.2, -0.15) is 0 Å². The average Bonchev–Trinajstić information content (AvgIpc) is 2.37. The Kier molecular flexibility index (Phi) is 6.30. The molecule has 5 nitrogen and oxygen atoms in total. The Morgan fingerprint density at radius 2 is 1.71 bits per heavy atom. The van der Waals surface area contributed by atoms with Crippen molar-refractivity contribution >= 4 is 11.9 Å². The molecule has 1 aromatic rings. The number of rotatable bonds is 5. The molecule has 0 radical (unpaired) electrons. The van der Waals surface area contributed by atoms with E-state index in [1.54, 1.807) is 45.9 Å². The van der Waals surface area contributed by atoms with Gasteiger partial charge in [-0.15, -0.1) is 0 Å². The number of urea groups is 1. The summed E-state index contributed by atoms with van der Waals surface area (Å²) < 4.78 is 13.6. The second-order valence-corrected chi connectivity index (χ2v) is 5.25. The van der Waals surface area contributed by atoms with Crippen LogP contribution < -0.4 is 16.0 Å². The fraction of sp³-hybridized carbons (Fsp3) is 0.467. The predicted octanol–water partition coefficient (Wildman–Crippen LogP) is 2.10. The fourth-order valence-electron chi connectivity index (χ4n) is 1.89. The third-order valence-electron chi connectivity index (χ3n) is 2.92. The number of imide groups is 1. The standard InChI is InChI=1S/C15H22FN3O2/c1-9(2)17-15(21)19-14(20)11(4)18-10(3)12-7-5-6-8-13(12)16/h5-11,18H,1-4H3,(H2,17,19,20,21)/t10-,11+/m0/s1. The van der Waals surface area contributed by atoms with Gasteiger partial charge in [0.15, 0.2) is 0 Å². The minimum Gasteiger partial charge on any atom is -0.336 e. The largest absolute Gasteiger partial charge is 0.336 e. The summed E-state index contributed by atoms with van der Waals surface area (Å²) in [6.45, 7) is 6.98. The van der Waals surface area contributed by atoms with E-state index in [1.165, 1.54) is 6.07 Å². The van der Waals surface area contributed by atoms with Crippen molar-refractivity contribution in [1.29, 1.82) is 0 Å². The van der Waals surface area contributed by atoms with E-state index >= 15 is 0 Å². The van der Waals surface area contributed by atoms with Gasteiger partial charge >= 0.3 is 6.03 Å². The zero-order valence-corrected chi connectivity index (χ0v) is 12.7. The van der Waals surface area contributed by atoms with Crippen molar-refractivity contribution in [1.82, 2.24) is 16.0 Å². The quantitative estimate of drug-likeness (QED) is 0.779. The second-order valence-electron chi connectivity index (χ2n) is 5.25. The molecule has 0 saturated carbocycles. The highest BCUT2D eigenvalue weighted by atomic mass is 19.1. The normalized spacial score (nSPS) is 13.6. The third kappa shape index (κ3) is 5.51. The summed E-state index contributed by atoms with van der Waals surface area (Å²) in [5, 5.41) is 7.76. The maximum atomic E-state index is 13.6. The van der Waals surface area contributed by atoms with Crippen LogP contribution in [0, 0.1) is 5.82 Å². The molecule has 116 valence electrons. The van der Waals surface area contributed by atoms with E-state index in [1.807, 2.05) is 0 Å². The number of hydrogen-bond donors (Lipinski definition) is 3. The minimum atomic E-state index is -0.627. The molecule has 6 heteroatoms. The van der Waals surface area contributed by atoms with Crippen molar-refractivity contribution in [2.75, 3.05) is 0 Å². The Hall–Kier alpha value is -1.95. The van der Waals surface area contributed by atoms with Crippen molar-refractivity contribution < 1.29 is 14.0 Å². The van der Waals surface area contributed by atoms with Gasteiger partial charge in [0.2, 0.25) is 5.91 Å². The molecule has 3 N–H and O–H groups in total. The molecule has 1 aromatic carbocycles. The van der Waals surface area contributed by atoms with E-state index in [9.17, 15) is 14.0 Å². The molecule has 1 rings (SSSR count). The lowest BCUT2D eigenvalue weighted by Crippen LogP contribution is -2.49. The van der Waals surface area contributed by atoms with Crippen LogP contribution in [0.2, 0.25) is 0 Å². The van der Waals surface area contributed by atoms with Gasteiger partial charge in [0, 0.05) is 17.6 Å². The van der Waals surface area contributed by atoms with Crippen LogP contribution in [0.5, 0.6) is 0 Å². The molecule has 0 fully saturated rings. The monoisotopic (exact) mass is 295 g/mol. The van der Waals surface area contributed by atoms with Gasteiger partial charge in [-0.3, -0.25) is 15.4 Å². The number of amides is 3. The summed E-state index contributed by atoms with van der Waals surface area (Å²) in [7, 11) is 0. The molecule has 2 atom stereocenters. The molecule has 0 heterocycles. The van der Waals surface area contributed by atoms with E-state index in [4.69, 9.17) is 0 Å². The van der Waals surface area contributed by atoms with Crippen molar-refractivity contribution in [3.8, 4) is 0 Å². The molecule has 21 heavy (non-hydrogen) atoms. The minimum absolute atomic E-state index is 0.0570. The lowest BCUT2D eigenvalue weighted by molar-refractivity contribution is -0.121. The molecule has 0 saturated heterocycles. The number of nitrogens with one attached hydrogen (secondary N) is 3. The second kappa shape index (κ2) is 7.73. The Labute approximate surface area is 124 Å². The SMILES string of the molecule is CC(C)NC(=O)NC(=O)[C@@H](C)N[C@@H](C)c1ccccc1F. The molecular weight excluding hydrogens is 273 g/mol. The molecule has 0 spiro atoms. The summed E-state index contributed by atoms with van der Waals surface area (Å²) in [6.07, 6.45) is 0. The van der Waals surface area contributed by atoms with Crippen LogP contribution in [0.15, 0.2) is 24.3 Å². The van der Waals surface area contributed by atoms with Crippen molar-refractivity contribution in [3.05, 3.63) is 35.6 Å². The van der Waals surface area contributed by atoms with Gasteiger partial charge in [-0.1, -0.05) is 18.2 Å². The molecule has 0 aromatic heterocycles. The Morgan fingerprint density at radius 1 is 1.10 bits per heavy atom.